The molecule has 2 rings (SSSR count). The molecule has 1 saturated carbocycles. The molecule has 1 aliphatic rings. The van der Waals surface area contributed by atoms with Crippen LogP contribution in [0.5, 0.6) is 0 Å². The molecule has 0 bridgehead atoms. The summed E-state index contributed by atoms with van der Waals surface area (Å²) in [6.45, 7) is 2.90. The van der Waals surface area contributed by atoms with Crippen molar-refractivity contribution in [2.75, 3.05) is 19.7 Å². The fraction of sp³-hybridized carbons (Fsp3) is 0.500. The van der Waals surface area contributed by atoms with Gasteiger partial charge in [-0.25, -0.2) is 4.39 Å². The van der Waals surface area contributed by atoms with E-state index in [2.05, 4.69) is 0 Å². The van der Waals surface area contributed by atoms with Crippen molar-refractivity contribution in [2.24, 2.45) is 5.92 Å². The smallest absolute Gasteiger partial charge is 0.307 e. The molecule has 0 radical (unpaired) electrons. The summed E-state index contributed by atoms with van der Waals surface area (Å²) >= 11 is 0. The van der Waals surface area contributed by atoms with E-state index in [4.69, 9.17) is 4.74 Å². The van der Waals surface area contributed by atoms with E-state index in [9.17, 15) is 14.0 Å². The molecular formula is C16H20FNO3. The van der Waals surface area contributed by atoms with E-state index < -0.39 is 5.82 Å². The Morgan fingerprint density at radius 1 is 1.33 bits per heavy atom. The van der Waals surface area contributed by atoms with Gasteiger partial charge in [0.25, 0.3) is 5.91 Å². The Morgan fingerprint density at radius 2 is 2.05 bits per heavy atom. The molecule has 21 heavy (non-hydrogen) atoms. The van der Waals surface area contributed by atoms with Crippen LogP contribution in [0.3, 0.4) is 0 Å². The highest BCUT2D eigenvalue weighted by atomic mass is 19.1. The summed E-state index contributed by atoms with van der Waals surface area (Å²) < 4.78 is 18.6. The van der Waals surface area contributed by atoms with Gasteiger partial charge in [0.05, 0.1) is 18.6 Å². The topological polar surface area (TPSA) is 46.6 Å². The van der Waals surface area contributed by atoms with Crippen LogP contribution in [0, 0.1) is 11.7 Å². The average molecular weight is 293 g/mol. The molecule has 0 aliphatic heterocycles. The van der Waals surface area contributed by atoms with Crippen LogP contribution in [0.15, 0.2) is 24.3 Å². The van der Waals surface area contributed by atoms with Gasteiger partial charge in [0.2, 0.25) is 0 Å². The van der Waals surface area contributed by atoms with E-state index >= 15 is 0 Å². The molecule has 1 aromatic rings. The Morgan fingerprint density at radius 3 is 2.67 bits per heavy atom. The van der Waals surface area contributed by atoms with Crippen molar-refractivity contribution >= 4 is 11.9 Å². The minimum atomic E-state index is -0.528. The zero-order valence-corrected chi connectivity index (χ0v) is 12.2. The van der Waals surface area contributed by atoms with Gasteiger partial charge in [0, 0.05) is 13.1 Å². The molecule has 0 saturated heterocycles. The number of ether oxygens (including phenoxy) is 1. The van der Waals surface area contributed by atoms with Crippen LogP contribution >= 0.6 is 0 Å². The number of carbonyl (C=O) groups is 2. The summed E-state index contributed by atoms with van der Waals surface area (Å²) in [6.07, 6.45) is 2.31. The predicted molar refractivity (Wildman–Crippen MR) is 76.3 cm³/mol. The van der Waals surface area contributed by atoms with Gasteiger partial charge < -0.3 is 9.64 Å². The van der Waals surface area contributed by atoms with E-state index in [1.165, 1.54) is 12.1 Å². The van der Waals surface area contributed by atoms with Crippen LogP contribution in [0.4, 0.5) is 4.39 Å². The zero-order chi connectivity index (χ0) is 15.2. The monoisotopic (exact) mass is 293 g/mol. The number of hydrogen-bond donors (Lipinski definition) is 0. The second-order valence-electron chi connectivity index (χ2n) is 5.23. The van der Waals surface area contributed by atoms with Crippen molar-refractivity contribution in [3.8, 4) is 0 Å². The molecule has 0 heterocycles. The number of carbonyl (C=O) groups excluding carboxylic acids is 2. The van der Waals surface area contributed by atoms with Crippen molar-refractivity contribution in [1.29, 1.82) is 0 Å². The van der Waals surface area contributed by atoms with Crippen molar-refractivity contribution in [2.45, 2.75) is 26.2 Å². The zero-order valence-electron chi connectivity index (χ0n) is 12.2. The van der Waals surface area contributed by atoms with Crippen molar-refractivity contribution < 1.29 is 18.7 Å². The second-order valence-corrected chi connectivity index (χ2v) is 5.23. The van der Waals surface area contributed by atoms with Crippen LogP contribution in [0.25, 0.3) is 0 Å². The summed E-state index contributed by atoms with van der Waals surface area (Å²) in [4.78, 5) is 25.4. The third-order valence-corrected chi connectivity index (χ3v) is 3.46. The SMILES string of the molecule is CCOC(=O)CCN(CC1CC1)C(=O)c1ccccc1F. The summed E-state index contributed by atoms with van der Waals surface area (Å²) in [6, 6.07) is 5.93. The minimum Gasteiger partial charge on any atom is -0.466 e. The first-order valence-corrected chi connectivity index (χ1v) is 7.31. The third kappa shape index (κ3) is 4.55. The van der Waals surface area contributed by atoms with E-state index in [0.29, 0.717) is 19.1 Å². The molecule has 1 aliphatic carbocycles. The lowest BCUT2D eigenvalue weighted by atomic mass is 10.1. The lowest BCUT2D eigenvalue weighted by Crippen LogP contribution is -2.35. The first kappa shape index (κ1) is 15.5. The third-order valence-electron chi connectivity index (χ3n) is 3.46. The highest BCUT2D eigenvalue weighted by molar-refractivity contribution is 5.94. The minimum absolute atomic E-state index is 0.0574. The number of esters is 1. The Hall–Kier alpha value is -1.91. The molecule has 4 nitrogen and oxygen atoms in total. The van der Waals surface area contributed by atoms with Crippen LogP contribution in [0.1, 0.15) is 36.5 Å². The maximum absolute atomic E-state index is 13.7. The lowest BCUT2D eigenvalue weighted by molar-refractivity contribution is -0.143. The van der Waals surface area contributed by atoms with Gasteiger partial charge in [-0.2, -0.15) is 0 Å². The molecule has 0 N–H and O–H groups in total. The summed E-state index contributed by atoms with van der Waals surface area (Å²) in [5.74, 6) is -0.744. The molecule has 5 heteroatoms. The molecule has 0 spiro atoms. The molecule has 114 valence electrons. The molecule has 0 unspecified atom stereocenters. The fourth-order valence-corrected chi connectivity index (χ4v) is 2.15. The van der Waals surface area contributed by atoms with E-state index in [-0.39, 0.29) is 30.4 Å². The van der Waals surface area contributed by atoms with Crippen LogP contribution in [-0.2, 0) is 9.53 Å². The fourth-order valence-electron chi connectivity index (χ4n) is 2.15. The number of rotatable bonds is 7. The summed E-state index contributed by atoms with van der Waals surface area (Å²) in [7, 11) is 0. The second kappa shape index (κ2) is 7.20. The Kier molecular flexibility index (Phi) is 5.31. The Balaban J connectivity index is 2.02. The highest BCUT2D eigenvalue weighted by Gasteiger charge is 2.28. The van der Waals surface area contributed by atoms with E-state index in [0.717, 1.165) is 12.8 Å². The number of hydrogen-bond acceptors (Lipinski definition) is 3. The van der Waals surface area contributed by atoms with Gasteiger partial charge in [-0.3, -0.25) is 9.59 Å². The van der Waals surface area contributed by atoms with Gasteiger partial charge in [0.15, 0.2) is 0 Å². The van der Waals surface area contributed by atoms with Gasteiger partial charge in [0.1, 0.15) is 5.82 Å². The maximum atomic E-state index is 13.7. The number of benzene rings is 1. The number of amides is 1. The van der Waals surface area contributed by atoms with Gasteiger partial charge in [-0.1, -0.05) is 12.1 Å². The van der Waals surface area contributed by atoms with Crippen LogP contribution in [-0.4, -0.2) is 36.5 Å². The molecule has 0 atom stereocenters. The van der Waals surface area contributed by atoms with Gasteiger partial charge in [-0.15, -0.1) is 0 Å². The molecule has 1 fully saturated rings. The van der Waals surface area contributed by atoms with Gasteiger partial charge >= 0.3 is 5.97 Å². The maximum Gasteiger partial charge on any atom is 0.307 e. The predicted octanol–water partition coefficient (Wildman–Crippen LogP) is 2.63. The summed E-state index contributed by atoms with van der Waals surface area (Å²) in [5.41, 5.74) is 0.0574. The van der Waals surface area contributed by atoms with Crippen molar-refractivity contribution in [3.63, 3.8) is 0 Å². The molecular weight excluding hydrogens is 273 g/mol. The standard InChI is InChI=1S/C16H20FNO3/c1-2-21-15(19)9-10-18(11-12-7-8-12)16(20)13-5-3-4-6-14(13)17/h3-6,12H,2,7-11H2,1H3. The molecule has 1 amide bonds. The first-order chi connectivity index (χ1) is 10.1. The highest BCUT2D eigenvalue weighted by Crippen LogP contribution is 2.30. The normalized spacial score (nSPS) is 13.8. The van der Waals surface area contributed by atoms with Crippen LogP contribution in [0.2, 0.25) is 0 Å². The van der Waals surface area contributed by atoms with E-state index in [1.807, 2.05) is 0 Å². The lowest BCUT2D eigenvalue weighted by Gasteiger charge is -2.22. The number of halogens is 1. The van der Waals surface area contributed by atoms with Crippen molar-refractivity contribution in [3.05, 3.63) is 35.6 Å². The van der Waals surface area contributed by atoms with Crippen LogP contribution < -0.4 is 0 Å². The van der Waals surface area contributed by atoms with Gasteiger partial charge in [-0.05, 0) is 37.8 Å². The quantitative estimate of drug-likeness (QED) is 0.726. The van der Waals surface area contributed by atoms with Crippen molar-refractivity contribution in [1.82, 2.24) is 4.90 Å². The molecule has 0 aromatic heterocycles. The largest absolute Gasteiger partial charge is 0.466 e. The Labute approximate surface area is 123 Å². The van der Waals surface area contributed by atoms with E-state index in [1.54, 1.807) is 24.0 Å². The average Bonchev–Trinajstić information content (AvgIpc) is 3.27. The Bertz CT molecular complexity index is 514. The number of nitrogens with zero attached hydrogens (tertiary/aromatic N) is 1. The summed E-state index contributed by atoms with van der Waals surface area (Å²) in [5, 5.41) is 0. The first-order valence-electron chi connectivity index (χ1n) is 7.31. The molecule has 1 aromatic carbocycles.